The molecule has 1 rings (SSSR count). The lowest BCUT2D eigenvalue weighted by molar-refractivity contribution is 0.0941. The SMILES string of the molecule is CCC[C@H](C)NC(=O)c1sc(NS(C)(=O)=O)nc1C. The number of aromatic nitrogens is 1. The summed E-state index contributed by atoms with van der Waals surface area (Å²) in [6.45, 7) is 5.67. The molecule has 0 spiro atoms. The van der Waals surface area contributed by atoms with Crippen LogP contribution in [0.1, 0.15) is 42.1 Å². The Kier molecular flexibility index (Phi) is 5.30. The van der Waals surface area contributed by atoms with Crippen molar-refractivity contribution in [2.24, 2.45) is 0 Å². The van der Waals surface area contributed by atoms with Gasteiger partial charge < -0.3 is 5.32 Å². The monoisotopic (exact) mass is 305 g/mol. The average molecular weight is 305 g/mol. The molecule has 0 aromatic carbocycles. The van der Waals surface area contributed by atoms with E-state index in [1.165, 1.54) is 0 Å². The van der Waals surface area contributed by atoms with Crippen molar-refractivity contribution in [3.8, 4) is 0 Å². The Morgan fingerprint density at radius 3 is 2.63 bits per heavy atom. The minimum atomic E-state index is -3.37. The molecule has 8 heteroatoms. The van der Waals surface area contributed by atoms with Crippen LogP contribution in [0.5, 0.6) is 0 Å². The Bertz CT molecular complexity index is 552. The van der Waals surface area contributed by atoms with Gasteiger partial charge in [-0.1, -0.05) is 24.7 Å². The molecule has 2 N–H and O–H groups in total. The number of carbonyl (C=O) groups excluding carboxylic acids is 1. The lowest BCUT2D eigenvalue weighted by Crippen LogP contribution is -2.32. The Balaban J connectivity index is 2.81. The van der Waals surface area contributed by atoms with E-state index in [2.05, 4.69) is 21.9 Å². The number of sulfonamides is 1. The number of nitrogens with zero attached hydrogens (tertiary/aromatic N) is 1. The molecular formula is C11H19N3O3S2. The molecule has 1 atom stereocenters. The Hall–Kier alpha value is -1.15. The van der Waals surface area contributed by atoms with Crippen LogP contribution in [-0.4, -0.2) is 31.6 Å². The molecule has 0 unspecified atom stereocenters. The van der Waals surface area contributed by atoms with Crippen molar-refractivity contribution in [3.63, 3.8) is 0 Å². The average Bonchev–Trinajstić information content (AvgIpc) is 2.56. The fourth-order valence-electron chi connectivity index (χ4n) is 1.60. The van der Waals surface area contributed by atoms with E-state index in [0.717, 1.165) is 30.4 Å². The number of anilines is 1. The molecule has 0 aliphatic rings. The maximum Gasteiger partial charge on any atom is 0.263 e. The predicted molar refractivity (Wildman–Crippen MR) is 77.2 cm³/mol. The summed E-state index contributed by atoms with van der Waals surface area (Å²) in [6.07, 6.45) is 2.94. The highest BCUT2D eigenvalue weighted by molar-refractivity contribution is 7.92. The Labute approximate surface area is 117 Å². The number of amides is 1. The first-order valence-corrected chi connectivity index (χ1v) is 8.69. The molecule has 0 aliphatic heterocycles. The van der Waals surface area contributed by atoms with E-state index in [1.807, 2.05) is 6.92 Å². The van der Waals surface area contributed by atoms with Gasteiger partial charge in [0.05, 0.1) is 11.9 Å². The first kappa shape index (κ1) is 15.9. The molecule has 0 saturated carbocycles. The lowest BCUT2D eigenvalue weighted by Gasteiger charge is -2.11. The third kappa shape index (κ3) is 5.15. The van der Waals surface area contributed by atoms with Gasteiger partial charge in [0, 0.05) is 6.04 Å². The van der Waals surface area contributed by atoms with E-state index in [4.69, 9.17) is 0 Å². The zero-order valence-corrected chi connectivity index (χ0v) is 13.1. The second kappa shape index (κ2) is 6.33. The van der Waals surface area contributed by atoms with Crippen molar-refractivity contribution in [3.05, 3.63) is 10.6 Å². The molecule has 1 heterocycles. The molecule has 0 aliphatic carbocycles. The van der Waals surface area contributed by atoms with Crippen molar-refractivity contribution in [2.75, 3.05) is 11.0 Å². The fraction of sp³-hybridized carbons (Fsp3) is 0.636. The smallest absolute Gasteiger partial charge is 0.263 e. The molecule has 1 aromatic heterocycles. The Morgan fingerprint density at radius 2 is 2.11 bits per heavy atom. The molecule has 0 fully saturated rings. The van der Waals surface area contributed by atoms with Crippen LogP contribution in [0, 0.1) is 6.92 Å². The molecule has 108 valence electrons. The predicted octanol–water partition coefficient (Wildman–Crippen LogP) is 1.74. The van der Waals surface area contributed by atoms with Gasteiger partial charge in [0.2, 0.25) is 10.0 Å². The lowest BCUT2D eigenvalue weighted by atomic mass is 10.2. The molecule has 0 radical (unpaired) electrons. The summed E-state index contributed by atoms with van der Waals surface area (Å²) in [4.78, 5) is 16.5. The fourth-order valence-corrected chi connectivity index (χ4v) is 3.31. The maximum absolute atomic E-state index is 12.0. The van der Waals surface area contributed by atoms with Crippen LogP contribution < -0.4 is 10.0 Å². The van der Waals surface area contributed by atoms with Gasteiger partial charge in [0.1, 0.15) is 4.88 Å². The second-order valence-electron chi connectivity index (χ2n) is 4.47. The van der Waals surface area contributed by atoms with Gasteiger partial charge in [0.15, 0.2) is 5.13 Å². The number of hydrogen-bond acceptors (Lipinski definition) is 5. The standard InChI is InChI=1S/C11H19N3O3S2/c1-5-6-7(2)12-10(15)9-8(3)13-11(18-9)14-19(4,16)17/h7H,5-6H2,1-4H3,(H,12,15)(H,13,14)/t7-/m0/s1. The van der Waals surface area contributed by atoms with E-state index >= 15 is 0 Å². The number of thiazole rings is 1. The highest BCUT2D eigenvalue weighted by atomic mass is 32.2. The van der Waals surface area contributed by atoms with Crippen LogP contribution >= 0.6 is 11.3 Å². The molecule has 0 saturated heterocycles. The van der Waals surface area contributed by atoms with Gasteiger partial charge >= 0.3 is 0 Å². The summed E-state index contributed by atoms with van der Waals surface area (Å²) >= 11 is 1.04. The van der Waals surface area contributed by atoms with E-state index in [0.29, 0.717) is 10.6 Å². The normalized spacial score (nSPS) is 13.1. The van der Waals surface area contributed by atoms with Crippen LogP contribution in [0.2, 0.25) is 0 Å². The zero-order chi connectivity index (χ0) is 14.6. The summed E-state index contributed by atoms with van der Waals surface area (Å²) in [5.74, 6) is -0.211. The van der Waals surface area contributed by atoms with Crippen LogP contribution in [0.25, 0.3) is 0 Å². The number of aryl methyl sites for hydroxylation is 1. The van der Waals surface area contributed by atoms with Gasteiger partial charge in [-0.25, -0.2) is 13.4 Å². The second-order valence-corrected chi connectivity index (χ2v) is 7.22. The molecule has 1 amide bonds. The minimum Gasteiger partial charge on any atom is -0.349 e. The van der Waals surface area contributed by atoms with Gasteiger partial charge in [-0.05, 0) is 20.3 Å². The van der Waals surface area contributed by atoms with Crippen LogP contribution in [0.4, 0.5) is 5.13 Å². The van der Waals surface area contributed by atoms with Crippen molar-refractivity contribution < 1.29 is 13.2 Å². The van der Waals surface area contributed by atoms with Crippen LogP contribution in [0.15, 0.2) is 0 Å². The number of hydrogen-bond donors (Lipinski definition) is 2. The van der Waals surface area contributed by atoms with Gasteiger partial charge in [-0.2, -0.15) is 0 Å². The first-order valence-electron chi connectivity index (χ1n) is 5.99. The quantitative estimate of drug-likeness (QED) is 0.838. The highest BCUT2D eigenvalue weighted by Gasteiger charge is 2.18. The maximum atomic E-state index is 12.0. The van der Waals surface area contributed by atoms with Crippen molar-refractivity contribution in [1.82, 2.24) is 10.3 Å². The van der Waals surface area contributed by atoms with Crippen LogP contribution in [-0.2, 0) is 10.0 Å². The van der Waals surface area contributed by atoms with E-state index in [1.54, 1.807) is 6.92 Å². The van der Waals surface area contributed by atoms with Crippen molar-refractivity contribution in [1.29, 1.82) is 0 Å². The minimum absolute atomic E-state index is 0.0883. The van der Waals surface area contributed by atoms with Gasteiger partial charge in [-0.3, -0.25) is 9.52 Å². The van der Waals surface area contributed by atoms with E-state index in [-0.39, 0.29) is 17.1 Å². The zero-order valence-electron chi connectivity index (χ0n) is 11.5. The summed E-state index contributed by atoms with van der Waals surface area (Å²) in [7, 11) is -3.37. The van der Waals surface area contributed by atoms with E-state index < -0.39 is 10.0 Å². The van der Waals surface area contributed by atoms with Crippen LogP contribution in [0.3, 0.4) is 0 Å². The summed E-state index contributed by atoms with van der Waals surface area (Å²) in [5.41, 5.74) is 0.525. The highest BCUT2D eigenvalue weighted by Crippen LogP contribution is 2.23. The van der Waals surface area contributed by atoms with Gasteiger partial charge in [-0.15, -0.1) is 0 Å². The van der Waals surface area contributed by atoms with Crippen molar-refractivity contribution in [2.45, 2.75) is 39.7 Å². The first-order chi connectivity index (χ1) is 8.73. The molecular weight excluding hydrogens is 286 g/mol. The Morgan fingerprint density at radius 1 is 1.47 bits per heavy atom. The summed E-state index contributed by atoms with van der Waals surface area (Å²) in [5, 5.41) is 3.08. The third-order valence-electron chi connectivity index (χ3n) is 2.37. The third-order valence-corrected chi connectivity index (χ3v) is 4.14. The summed E-state index contributed by atoms with van der Waals surface area (Å²) < 4.78 is 24.5. The number of carbonyl (C=O) groups is 1. The molecule has 6 nitrogen and oxygen atoms in total. The topological polar surface area (TPSA) is 88.2 Å². The molecule has 1 aromatic rings. The van der Waals surface area contributed by atoms with Gasteiger partial charge in [0.25, 0.3) is 5.91 Å². The van der Waals surface area contributed by atoms with E-state index in [9.17, 15) is 13.2 Å². The molecule has 0 bridgehead atoms. The largest absolute Gasteiger partial charge is 0.349 e. The number of rotatable bonds is 6. The number of nitrogens with one attached hydrogen (secondary N) is 2. The van der Waals surface area contributed by atoms with Crippen molar-refractivity contribution >= 4 is 32.4 Å². The molecule has 19 heavy (non-hydrogen) atoms. The summed E-state index contributed by atoms with van der Waals surface area (Å²) in [6, 6.07) is 0.0883.